The Kier molecular flexibility index (Phi) is 7.12. The molecule has 3 aromatic carbocycles. The van der Waals surface area contributed by atoms with Crippen LogP contribution >= 0.6 is 0 Å². The van der Waals surface area contributed by atoms with Crippen molar-refractivity contribution < 1.29 is 29.6 Å². The Morgan fingerprint density at radius 1 is 1.09 bits per heavy atom. The number of carboxylic acid groups (broad SMARTS) is 1. The van der Waals surface area contributed by atoms with Crippen LogP contribution in [0.3, 0.4) is 0 Å². The van der Waals surface area contributed by atoms with Crippen molar-refractivity contribution >= 4 is 5.97 Å². The number of carboxylic acids is 1. The smallest absolute Gasteiger partial charge is 0.339 e. The van der Waals surface area contributed by atoms with Gasteiger partial charge in [0.25, 0.3) is 0 Å². The zero-order valence-electron chi connectivity index (χ0n) is 18.1. The number of nitrogens with one attached hydrogen (secondary N) is 1. The molecule has 4 N–H and O–H groups in total. The number of aliphatic hydroxyl groups excluding tert-OH is 1. The van der Waals surface area contributed by atoms with E-state index in [0.717, 1.165) is 41.0 Å². The van der Waals surface area contributed by atoms with E-state index < -0.39 is 12.1 Å². The van der Waals surface area contributed by atoms with Gasteiger partial charge < -0.3 is 30.1 Å². The number of ether oxygens (including phenoxy) is 2. The first-order valence-corrected chi connectivity index (χ1v) is 10.9. The zero-order chi connectivity index (χ0) is 23.2. The first kappa shape index (κ1) is 22.6. The number of hydrogen-bond acceptors (Lipinski definition) is 6. The van der Waals surface area contributed by atoms with Crippen molar-refractivity contribution in [2.75, 3.05) is 19.7 Å². The lowest BCUT2D eigenvalue weighted by Gasteiger charge is -2.27. The minimum Gasteiger partial charge on any atom is -0.507 e. The Morgan fingerprint density at radius 2 is 1.85 bits per heavy atom. The largest absolute Gasteiger partial charge is 0.507 e. The maximum absolute atomic E-state index is 11.1. The fourth-order valence-corrected chi connectivity index (χ4v) is 3.84. The van der Waals surface area contributed by atoms with E-state index in [1.807, 2.05) is 48.5 Å². The molecular formula is C26H27NO6. The van der Waals surface area contributed by atoms with Crippen LogP contribution in [0.25, 0.3) is 11.1 Å². The van der Waals surface area contributed by atoms with Gasteiger partial charge >= 0.3 is 5.97 Å². The molecule has 0 radical (unpaired) electrons. The number of phenols is 1. The van der Waals surface area contributed by atoms with Crippen molar-refractivity contribution in [2.24, 2.45) is 0 Å². The van der Waals surface area contributed by atoms with Crippen LogP contribution < -0.4 is 14.8 Å². The van der Waals surface area contributed by atoms with Gasteiger partial charge in [-0.2, -0.15) is 0 Å². The molecule has 1 aliphatic rings. The van der Waals surface area contributed by atoms with Gasteiger partial charge in [-0.25, -0.2) is 4.79 Å². The van der Waals surface area contributed by atoms with Gasteiger partial charge in [0.15, 0.2) is 0 Å². The number of carbonyl (C=O) groups is 1. The molecule has 0 unspecified atom stereocenters. The number of aromatic carboxylic acids is 1. The van der Waals surface area contributed by atoms with Crippen LogP contribution in [0.2, 0.25) is 0 Å². The lowest BCUT2D eigenvalue weighted by atomic mass is 9.96. The standard InChI is InChI=1S/C26H27NO6/c28-20(16-32-21-4-2-1-3-5-21)14-27-15-22-9-6-19-12-17(8-11-25(19)33-22)18-7-10-23(26(30)31)24(29)13-18/h1-5,7-8,10-13,20,22,27-29H,6,9,14-16H2,(H,30,31)/t20-,22+/m0/s1. The fraction of sp³-hybridized carbons (Fsp3) is 0.269. The minimum absolute atomic E-state index is 0.00415. The monoisotopic (exact) mass is 449 g/mol. The lowest BCUT2D eigenvalue weighted by Crippen LogP contribution is -2.39. The number of aliphatic hydroxyl groups is 1. The summed E-state index contributed by atoms with van der Waals surface area (Å²) in [4.78, 5) is 11.1. The first-order valence-electron chi connectivity index (χ1n) is 10.9. The topological polar surface area (TPSA) is 108 Å². The Balaban J connectivity index is 1.28. The van der Waals surface area contributed by atoms with Gasteiger partial charge in [-0.05, 0) is 65.9 Å². The molecule has 0 amide bonds. The number of benzene rings is 3. The van der Waals surface area contributed by atoms with E-state index in [2.05, 4.69) is 5.32 Å². The highest BCUT2D eigenvalue weighted by Crippen LogP contribution is 2.33. The fourth-order valence-electron chi connectivity index (χ4n) is 3.84. The summed E-state index contributed by atoms with van der Waals surface area (Å²) in [6.45, 7) is 1.25. The average Bonchev–Trinajstić information content (AvgIpc) is 2.82. The molecule has 0 aliphatic carbocycles. The second-order valence-corrected chi connectivity index (χ2v) is 8.07. The van der Waals surface area contributed by atoms with Crippen LogP contribution in [-0.2, 0) is 6.42 Å². The van der Waals surface area contributed by atoms with E-state index >= 15 is 0 Å². The van der Waals surface area contributed by atoms with Crippen molar-refractivity contribution in [3.05, 3.63) is 77.9 Å². The van der Waals surface area contributed by atoms with E-state index in [1.54, 1.807) is 6.07 Å². The molecule has 0 saturated carbocycles. The lowest BCUT2D eigenvalue weighted by molar-refractivity contribution is 0.0693. The normalized spacial score (nSPS) is 15.8. The minimum atomic E-state index is -1.16. The summed E-state index contributed by atoms with van der Waals surface area (Å²) in [5, 5.41) is 32.4. The van der Waals surface area contributed by atoms with Crippen LogP contribution in [0.5, 0.6) is 17.2 Å². The highest BCUT2D eigenvalue weighted by molar-refractivity contribution is 5.91. The van der Waals surface area contributed by atoms with Gasteiger partial charge in [-0.15, -0.1) is 0 Å². The van der Waals surface area contributed by atoms with Gasteiger partial charge in [0.1, 0.15) is 41.6 Å². The number of para-hydroxylation sites is 1. The Labute approximate surface area is 192 Å². The third-order valence-corrected chi connectivity index (χ3v) is 5.59. The molecule has 0 bridgehead atoms. The van der Waals surface area contributed by atoms with E-state index in [4.69, 9.17) is 14.6 Å². The molecule has 33 heavy (non-hydrogen) atoms. The number of fused-ring (bicyclic) bond motifs is 1. The zero-order valence-corrected chi connectivity index (χ0v) is 18.1. The van der Waals surface area contributed by atoms with Crippen LogP contribution in [0, 0.1) is 0 Å². The van der Waals surface area contributed by atoms with Crippen molar-refractivity contribution in [1.29, 1.82) is 0 Å². The van der Waals surface area contributed by atoms with E-state index in [1.165, 1.54) is 12.1 Å². The molecule has 3 aromatic rings. The van der Waals surface area contributed by atoms with Crippen molar-refractivity contribution in [1.82, 2.24) is 5.32 Å². The summed E-state index contributed by atoms with van der Waals surface area (Å²) in [5.74, 6) is 0.137. The summed E-state index contributed by atoms with van der Waals surface area (Å²) < 4.78 is 11.7. The highest BCUT2D eigenvalue weighted by atomic mass is 16.5. The predicted molar refractivity (Wildman–Crippen MR) is 124 cm³/mol. The molecule has 1 heterocycles. The molecule has 2 atom stereocenters. The maximum atomic E-state index is 11.1. The molecule has 1 aliphatic heterocycles. The summed E-state index contributed by atoms with van der Waals surface area (Å²) >= 11 is 0. The van der Waals surface area contributed by atoms with Crippen LogP contribution in [-0.4, -0.2) is 53.2 Å². The molecule has 0 fully saturated rings. The van der Waals surface area contributed by atoms with Crippen molar-refractivity contribution in [2.45, 2.75) is 25.0 Å². The number of aryl methyl sites for hydroxylation is 1. The molecule has 7 nitrogen and oxygen atoms in total. The van der Waals surface area contributed by atoms with Gasteiger partial charge in [0, 0.05) is 13.1 Å². The maximum Gasteiger partial charge on any atom is 0.339 e. The molecule has 0 saturated heterocycles. The van der Waals surface area contributed by atoms with Gasteiger partial charge in [0.05, 0.1) is 0 Å². The Bertz CT molecular complexity index is 1100. The van der Waals surface area contributed by atoms with E-state index in [-0.39, 0.29) is 24.0 Å². The summed E-state index contributed by atoms with van der Waals surface area (Å²) in [6, 6.07) is 19.8. The molecule has 0 spiro atoms. The van der Waals surface area contributed by atoms with Crippen molar-refractivity contribution in [3.63, 3.8) is 0 Å². The number of hydrogen-bond donors (Lipinski definition) is 4. The van der Waals surface area contributed by atoms with Gasteiger partial charge in [-0.3, -0.25) is 0 Å². The van der Waals surface area contributed by atoms with Crippen LogP contribution in [0.15, 0.2) is 66.7 Å². The van der Waals surface area contributed by atoms with Crippen LogP contribution in [0.4, 0.5) is 0 Å². The van der Waals surface area contributed by atoms with Crippen molar-refractivity contribution in [3.8, 4) is 28.4 Å². The first-order chi connectivity index (χ1) is 16.0. The summed E-state index contributed by atoms with van der Waals surface area (Å²) in [7, 11) is 0. The number of aromatic hydroxyl groups is 1. The van der Waals surface area contributed by atoms with Crippen LogP contribution in [0.1, 0.15) is 22.3 Å². The van der Waals surface area contributed by atoms with Gasteiger partial charge in [-0.1, -0.05) is 30.3 Å². The highest BCUT2D eigenvalue weighted by Gasteiger charge is 2.21. The third kappa shape index (κ3) is 5.83. The molecule has 4 rings (SSSR count). The Morgan fingerprint density at radius 3 is 2.61 bits per heavy atom. The molecular weight excluding hydrogens is 422 g/mol. The molecule has 7 heteroatoms. The Hall–Kier alpha value is -3.55. The summed E-state index contributed by atoms with van der Waals surface area (Å²) in [5.41, 5.74) is 2.59. The molecule has 172 valence electrons. The second-order valence-electron chi connectivity index (χ2n) is 8.07. The predicted octanol–water partition coefficient (Wildman–Crippen LogP) is 3.48. The molecule has 0 aromatic heterocycles. The van der Waals surface area contributed by atoms with E-state index in [9.17, 15) is 15.0 Å². The average molecular weight is 450 g/mol. The van der Waals surface area contributed by atoms with Gasteiger partial charge in [0.2, 0.25) is 0 Å². The summed E-state index contributed by atoms with van der Waals surface area (Å²) in [6.07, 6.45) is 1.06. The second kappa shape index (κ2) is 10.4. The number of rotatable bonds is 9. The quantitative estimate of drug-likeness (QED) is 0.396. The SMILES string of the molecule is O=C(O)c1ccc(-c2ccc3c(c2)CC[C@H](CNC[C@H](O)COc2ccccc2)O3)cc1O. The van der Waals surface area contributed by atoms with E-state index in [0.29, 0.717) is 13.1 Å². The third-order valence-electron chi connectivity index (χ3n) is 5.59.